The fraction of sp³-hybridized carbons (Fsp3) is 0.571. The molecule has 2 nitrogen and oxygen atoms in total. The van der Waals surface area contributed by atoms with Crippen LogP contribution in [0.15, 0.2) is 24.3 Å². The Morgan fingerprint density at radius 2 is 1.79 bits per heavy atom. The molecule has 1 aliphatic heterocycles. The molecule has 0 radical (unpaired) electrons. The second-order valence-corrected chi connectivity index (χ2v) is 5.12. The highest BCUT2D eigenvalue weighted by Crippen LogP contribution is 2.34. The molecule has 19 heavy (non-hydrogen) atoms. The molecule has 1 aliphatic rings. The molecule has 2 rings (SSSR count). The summed E-state index contributed by atoms with van der Waals surface area (Å²) in [6.07, 6.45) is -3.62. The van der Waals surface area contributed by atoms with Crippen LogP contribution in [0.2, 0.25) is 0 Å². The molecule has 1 fully saturated rings. The minimum atomic E-state index is -4.04. The summed E-state index contributed by atoms with van der Waals surface area (Å²) in [6, 6.07) is 7.92. The zero-order valence-electron chi connectivity index (χ0n) is 10.8. The number of hydrogen-bond donors (Lipinski definition) is 1. The molecule has 1 aromatic rings. The van der Waals surface area contributed by atoms with Crippen LogP contribution in [-0.4, -0.2) is 24.2 Å². The second kappa shape index (κ2) is 5.92. The van der Waals surface area contributed by atoms with Crippen LogP contribution in [0.25, 0.3) is 0 Å². The quantitative estimate of drug-likeness (QED) is 0.916. The van der Waals surface area contributed by atoms with Gasteiger partial charge < -0.3 is 5.73 Å². The van der Waals surface area contributed by atoms with Crippen LogP contribution in [-0.2, 0) is 13.1 Å². The van der Waals surface area contributed by atoms with Gasteiger partial charge in [-0.2, -0.15) is 13.2 Å². The van der Waals surface area contributed by atoms with Gasteiger partial charge in [-0.15, -0.1) is 0 Å². The standard InChI is InChI=1S/C14H19F3N2/c15-14(16,17)13-4-6-19(7-5-13)10-12-3-1-2-11(8-12)9-18/h1-3,8,13H,4-7,9-10,18H2. The Morgan fingerprint density at radius 1 is 1.16 bits per heavy atom. The van der Waals surface area contributed by atoms with E-state index in [0.717, 1.165) is 11.1 Å². The molecule has 0 atom stereocenters. The van der Waals surface area contributed by atoms with Crippen LogP contribution in [0.4, 0.5) is 13.2 Å². The average Bonchev–Trinajstić information content (AvgIpc) is 2.38. The SMILES string of the molecule is NCc1cccc(CN2CCC(C(F)(F)F)CC2)c1. The van der Waals surface area contributed by atoms with Crippen molar-refractivity contribution in [1.29, 1.82) is 0 Å². The number of alkyl halides is 3. The van der Waals surface area contributed by atoms with Crippen molar-refractivity contribution < 1.29 is 13.2 Å². The fourth-order valence-electron chi connectivity index (χ4n) is 2.53. The fourth-order valence-corrected chi connectivity index (χ4v) is 2.53. The molecule has 2 N–H and O–H groups in total. The summed E-state index contributed by atoms with van der Waals surface area (Å²) in [5.74, 6) is -1.13. The van der Waals surface area contributed by atoms with Crippen molar-refractivity contribution in [3.05, 3.63) is 35.4 Å². The monoisotopic (exact) mass is 272 g/mol. The normalized spacial score (nSPS) is 18.7. The molecular weight excluding hydrogens is 253 g/mol. The smallest absolute Gasteiger partial charge is 0.326 e. The molecule has 0 aliphatic carbocycles. The first-order chi connectivity index (χ1) is 8.99. The molecular formula is C14H19F3N2. The van der Waals surface area contributed by atoms with Crippen molar-refractivity contribution in [2.75, 3.05) is 13.1 Å². The Bertz CT molecular complexity index is 409. The summed E-state index contributed by atoms with van der Waals surface area (Å²) in [7, 11) is 0. The maximum Gasteiger partial charge on any atom is 0.391 e. The predicted molar refractivity (Wildman–Crippen MR) is 68.4 cm³/mol. The lowest BCUT2D eigenvalue weighted by atomic mass is 9.96. The minimum absolute atomic E-state index is 0.208. The topological polar surface area (TPSA) is 29.3 Å². The lowest BCUT2D eigenvalue weighted by molar-refractivity contribution is -0.185. The molecule has 1 saturated heterocycles. The average molecular weight is 272 g/mol. The zero-order chi connectivity index (χ0) is 13.9. The highest BCUT2D eigenvalue weighted by Gasteiger charge is 2.40. The number of rotatable bonds is 3. The summed E-state index contributed by atoms with van der Waals surface area (Å²) < 4.78 is 37.7. The van der Waals surface area contributed by atoms with E-state index in [2.05, 4.69) is 4.90 Å². The Balaban J connectivity index is 1.88. The van der Waals surface area contributed by atoms with Gasteiger partial charge in [0, 0.05) is 13.1 Å². The number of nitrogens with two attached hydrogens (primary N) is 1. The van der Waals surface area contributed by atoms with Crippen LogP contribution in [0.5, 0.6) is 0 Å². The van der Waals surface area contributed by atoms with Gasteiger partial charge in [0.2, 0.25) is 0 Å². The first-order valence-electron chi connectivity index (χ1n) is 6.56. The summed E-state index contributed by atoms with van der Waals surface area (Å²) in [6.45, 7) is 2.22. The van der Waals surface area contributed by atoms with Gasteiger partial charge in [-0.25, -0.2) is 0 Å². The maximum atomic E-state index is 12.6. The highest BCUT2D eigenvalue weighted by molar-refractivity contribution is 5.23. The second-order valence-electron chi connectivity index (χ2n) is 5.12. The summed E-state index contributed by atoms with van der Waals surface area (Å²) in [5.41, 5.74) is 7.76. The lowest BCUT2D eigenvalue weighted by Gasteiger charge is -2.32. The van der Waals surface area contributed by atoms with E-state index in [-0.39, 0.29) is 12.8 Å². The van der Waals surface area contributed by atoms with Crippen molar-refractivity contribution in [3.8, 4) is 0 Å². The third kappa shape index (κ3) is 3.94. The van der Waals surface area contributed by atoms with Crippen molar-refractivity contribution in [2.45, 2.75) is 32.1 Å². The predicted octanol–water partition coefficient (Wildman–Crippen LogP) is 2.92. The van der Waals surface area contributed by atoms with Crippen LogP contribution in [0, 0.1) is 5.92 Å². The molecule has 5 heteroatoms. The van der Waals surface area contributed by atoms with Crippen LogP contribution in [0.1, 0.15) is 24.0 Å². The summed E-state index contributed by atoms with van der Waals surface area (Å²) in [5, 5.41) is 0. The summed E-state index contributed by atoms with van der Waals surface area (Å²) >= 11 is 0. The van der Waals surface area contributed by atoms with Crippen LogP contribution in [0.3, 0.4) is 0 Å². The number of halogens is 3. The molecule has 0 spiro atoms. The van der Waals surface area contributed by atoms with Gasteiger partial charge in [0.15, 0.2) is 0 Å². The maximum absolute atomic E-state index is 12.6. The van der Waals surface area contributed by atoms with Gasteiger partial charge in [-0.05, 0) is 37.1 Å². The Kier molecular flexibility index (Phi) is 4.47. The van der Waals surface area contributed by atoms with Crippen molar-refractivity contribution in [3.63, 3.8) is 0 Å². The lowest BCUT2D eigenvalue weighted by Crippen LogP contribution is -2.38. The zero-order valence-corrected chi connectivity index (χ0v) is 10.8. The number of nitrogens with zero attached hydrogens (tertiary/aromatic N) is 1. The Morgan fingerprint density at radius 3 is 2.37 bits per heavy atom. The third-order valence-corrected chi connectivity index (χ3v) is 3.68. The summed E-state index contributed by atoms with van der Waals surface area (Å²) in [4.78, 5) is 2.08. The molecule has 106 valence electrons. The first kappa shape index (κ1) is 14.3. The number of piperidine rings is 1. The van der Waals surface area contributed by atoms with Gasteiger partial charge in [-0.3, -0.25) is 4.90 Å². The van der Waals surface area contributed by atoms with E-state index in [1.54, 1.807) is 0 Å². The molecule has 0 saturated carbocycles. The van der Waals surface area contributed by atoms with Crippen molar-refractivity contribution in [1.82, 2.24) is 4.90 Å². The van der Waals surface area contributed by atoms with E-state index in [4.69, 9.17) is 5.73 Å². The molecule has 0 aromatic heterocycles. The van der Waals surface area contributed by atoms with E-state index >= 15 is 0 Å². The van der Waals surface area contributed by atoms with E-state index < -0.39 is 12.1 Å². The van der Waals surface area contributed by atoms with E-state index in [1.165, 1.54) is 0 Å². The number of benzene rings is 1. The van der Waals surface area contributed by atoms with Crippen molar-refractivity contribution in [2.24, 2.45) is 11.7 Å². The largest absolute Gasteiger partial charge is 0.391 e. The Labute approximate surface area is 111 Å². The van der Waals surface area contributed by atoms with Crippen LogP contribution < -0.4 is 5.73 Å². The number of likely N-dealkylation sites (tertiary alicyclic amines) is 1. The van der Waals surface area contributed by atoms with Gasteiger partial charge >= 0.3 is 6.18 Å². The first-order valence-corrected chi connectivity index (χ1v) is 6.56. The van der Waals surface area contributed by atoms with E-state index in [0.29, 0.717) is 26.2 Å². The third-order valence-electron chi connectivity index (χ3n) is 3.68. The van der Waals surface area contributed by atoms with Gasteiger partial charge in [0.1, 0.15) is 0 Å². The highest BCUT2D eigenvalue weighted by atomic mass is 19.4. The molecule has 0 bridgehead atoms. The van der Waals surface area contributed by atoms with Crippen LogP contribution >= 0.6 is 0 Å². The molecule has 0 unspecified atom stereocenters. The van der Waals surface area contributed by atoms with E-state index in [1.807, 2.05) is 24.3 Å². The van der Waals surface area contributed by atoms with E-state index in [9.17, 15) is 13.2 Å². The van der Waals surface area contributed by atoms with Gasteiger partial charge in [0.05, 0.1) is 5.92 Å². The van der Waals surface area contributed by atoms with Gasteiger partial charge in [-0.1, -0.05) is 24.3 Å². The number of hydrogen-bond acceptors (Lipinski definition) is 2. The van der Waals surface area contributed by atoms with Gasteiger partial charge in [0.25, 0.3) is 0 Å². The Hall–Kier alpha value is -1.07. The van der Waals surface area contributed by atoms with Crippen molar-refractivity contribution >= 4 is 0 Å². The molecule has 1 aromatic carbocycles. The molecule has 1 heterocycles. The minimum Gasteiger partial charge on any atom is -0.326 e. The molecule has 0 amide bonds.